The number of carbonyl (C=O) groups is 2. The molecule has 160 valence electrons. The van der Waals surface area contributed by atoms with Crippen LogP contribution in [0, 0.1) is 13.8 Å². The number of ether oxygens (including phenoxy) is 1. The van der Waals surface area contributed by atoms with Crippen molar-refractivity contribution in [2.24, 2.45) is 0 Å². The number of methoxy groups -OCH3 is 1. The predicted octanol–water partition coefficient (Wildman–Crippen LogP) is 3.44. The fourth-order valence-corrected chi connectivity index (χ4v) is 4.42. The van der Waals surface area contributed by atoms with Crippen molar-refractivity contribution in [1.82, 2.24) is 19.9 Å². The van der Waals surface area contributed by atoms with Crippen LogP contribution in [0.15, 0.2) is 36.0 Å². The minimum atomic E-state index is -0.294. The Morgan fingerprint density at radius 2 is 2.00 bits per heavy atom. The number of nitrogens with zero attached hydrogens (tertiary/aromatic N) is 4. The van der Waals surface area contributed by atoms with Crippen LogP contribution in [0.1, 0.15) is 49.6 Å². The second-order valence-electron chi connectivity index (χ2n) is 7.39. The van der Waals surface area contributed by atoms with Gasteiger partial charge in [0.05, 0.1) is 35.3 Å². The molecule has 1 fully saturated rings. The van der Waals surface area contributed by atoms with E-state index in [0.717, 1.165) is 12.1 Å². The molecule has 3 aromatic rings. The number of likely N-dealkylation sites (tertiary alicyclic amines) is 1. The Labute approximate surface area is 184 Å². The van der Waals surface area contributed by atoms with E-state index in [2.05, 4.69) is 20.3 Å². The van der Waals surface area contributed by atoms with Crippen LogP contribution in [-0.4, -0.2) is 51.9 Å². The van der Waals surface area contributed by atoms with Crippen molar-refractivity contribution in [3.8, 4) is 5.75 Å². The lowest BCUT2D eigenvalue weighted by molar-refractivity contribution is 0.0794. The minimum absolute atomic E-state index is 0.00651. The van der Waals surface area contributed by atoms with Gasteiger partial charge in [-0.25, -0.2) is 15.0 Å². The third-order valence-corrected chi connectivity index (χ3v) is 6.29. The maximum absolute atomic E-state index is 12.7. The summed E-state index contributed by atoms with van der Waals surface area (Å²) in [6, 6.07) is 7.22. The molecule has 1 aliphatic heterocycles. The van der Waals surface area contributed by atoms with Crippen molar-refractivity contribution in [1.29, 1.82) is 0 Å². The van der Waals surface area contributed by atoms with Gasteiger partial charge in [0.15, 0.2) is 0 Å². The summed E-state index contributed by atoms with van der Waals surface area (Å²) < 4.78 is 5.28. The monoisotopic (exact) mass is 437 g/mol. The van der Waals surface area contributed by atoms with E-state index < -0.39 is 0 Å². The molecule has 0 saturated carbocycles. The Morgan fingerprint density at radius 1 is 1.19 bits per heavy atom. The molecule has 0 aliphatic carbocycles. The highest BCUT2D eigenvalue weighted by atomic mass is 32.1. The molecule has 0 unspecified atom stereocenters. The van der Waals surface area contributed by atoms with E-state index >= 15 is 0 Å². The van der Waals surface area contributed by atoms with Crippen LogP contribution in [0.25, 0.3) is 0 Å². The van der Waals surface area contributed by atoms with Gasteiger partial charge in [-0.3, -0.25) is 9.59 Å². The molecular formula is C22H23N5O3S. The number of carbonyl (C=O) groups excluding carboxylic acids is 2. The number of rotatable bonds is 5. The third-order valence-electron chi connectivity index (χ3n) is 5.38. The normalized spacial score (nSPS) is 15.7. The van der Waals surface area contributed by atoms with Crippen LogP contribution in [0.2, 0.25) is 0 Å². The first-order chi connectivity index (χ1) is 15.0. The maximum Gasteiger partial charge on any atom is 0.265 e. The summed E-state index contributed by atoms with van der Waals surface area (Å²) in [5.41, 5.74) is 4.04. The van der Waals surface area contributed by atoms with Gasteiger partial charge in [-0.15, -0.1) is 11.3 Å². The molecule has 1 aromatic carbocycles. The average Bonchev–Trinajstić information content (AvgIpc) is 3.43. The van der Waals surface area contributed by atoms with Crippen molar-refractivity contribution in [2.45, 2.75) is 26.2 Å². The summed E-state index contributed by atoms with van der Waals surface area (Å²) in [6.07, 6.45) is 2.34. The first kappa shape index (κ1) is 20.9. The molecule has 1 saturated heterocycles. The molecule has 0 spiro atoms. The second-order valence-corrected chi connectivity index (χ2v) is 8.24. The summed E-state index contributed by atoms with van der Waals surface area (Å²) in [5, 5.41) is 2.85. The van der Waals surface area contributed by atoms with Crippen molar-refractivity contribution in [3.63, 3.8) is 0 Å². The van der Waals surface area contributed by atoms with Gasteiger partial charge >= 0.3 is 0 Å². The van der Waals surface area contributed by atoms with Gasteiger partial charge in [-0.1, -0.05) is 12.1 Å². The molecule has 0 bridgehead atoms. The standard InChI is InChI=1S/C22H23N5O3S/c1-13-16(21(28)26-17-6-4-5-7-18(17)30-3)10-23-20(25-13)15-8-9-27(11-15)22(29)19-14(2)24-12-31-19/h4-7,10,12,15H,8-9,11H2,1-3H3,(H,26,28)/t15-/m0/s1. The topological polar surface area (TPSA) is 97.3 Å². The third kappa shape index (κ3) is 4.27. The number of amides is 2. The smallest absolute Gasteiger partial charge is 0.265 e. The zero-order chi connectivity index (χ0) is 22.0. The second kappa shape index (κ2) is 8.81. The Balaban J connectivity index is 1.46. The summed E-state index contributed by atoms with van der Waals surface area (Å²) in [5.74, 6) is 0.993. The lowest BCUT2D eigenvalue weighted by atomic mass is 10.1. The molecule has 2 amide bonds. The molecule has 2 aromatic heterocycles. The quantitative estimate of drug-likeness (QED) is 0.657. The SMILES string of the molecule is COc1ccccc1NC(=O)c1cnc([C@H]2CCN(C(=O)c3scnc3C)C2)nc1C. The molecule has 0 radical (unpaired) electrons. The van der Waals surface area contributed by atoms with Crippen molar-refractivity contribution < 1.29 is 14.3 Å². The van der Waals surface area contributed by atoms with E-state index in [-0.39, 0.29) is 17.7 Å². The highest BCUT2D eigenvalue weighted by Crippen LogP contribution is 2.28. The number of benzene rings is 1. The molecule has 1 N–H and O–H groups in total. The average molecular weight is 438 g/mol. The predicted molar refractivity (Wildman–Crippen MR) is 118 cm³/mol. The molecule has 1 atom stereocenters. The van der Waals surface area contributed by atoms with Gasteiger partial charge in [-0.2, -0.15) is 0 Å². The van der Waals surface area contributed by atoms with Crippen LogP contribution in [0.3, 0.4) is 0 Å². The Kier molecular flexibility index (Phi) is 5.94. The molecule has 8 nitrogen and oxygen atoms in total. The number of hydrogen-bond acceptors (Lipinski definition) is 7. The van der Waals surface area contributed by atoms with Crippen molar-refractivity contribution >= 4 is 28.8 Å². The van der Waals surface area contributed by atoms with Crippen LogP contribution in [-0.2, 0) is 0 Å². The number of aromatic nitrogens is 3. The lowest BCUT2D eigenvalue weighted by Gasteiger charge is -2.16. The molecule has 9 heteroatoms. The lowest BCUT2D eigenvalue weighted by Crippen LogP contribution is -2.28. The highest BCUT2D eigenvalue weighted by molar-refractivity contribution is 7.11. The largest absolute Gasteiger partial charge is 0.495 e. The van der Waals surface area contributed by atoms with E-state index in [9.17, 15) is 9.59 Å². The van der Waals surface area contributed by atoms with E-state index in [1.54, 1.807) is 37.9 Å². The molecule has 31 heavy (non-hydrogen) atoms. The van der Waals surface area contributed by atoms with E-state index in [4.69, 9.17) is 4.74 Å². The minimum Gasteiger partial charge on any atom is -0.495 e. The van der Waals surface area contributed by atoms with Crippen molar-refractivity contribution in [2.75, 3.05) is 25.5 Å². The number of thiazole rings is 1. The van der Waals surface area contributed by atoms with Gasteiger partial charge < -0.3 is 15.0 Å². The number of aryl methyl sites for hydroxylation is 2. The van der Waals surface area contributed by atoms with E-state index in [1.807, 2.05) is 24.0 Å². The molecular weight excluding hydrogens is 414 g/mol. The fraction of sp³-hybridized carbons (Fsp3) is 0.318. The summed E-state index contributed by atoms with van der Waals surface area (Å²) in [4.78, 5) is 41.2. The molecule has 4 rings (SSSR count). The zero-order valence-electron chi connectivity index (χ0n) is 17.6. The van der Waals surface area contributed by atoms with Gasteiger partial charge in [-0.05, 0) is 32.4 Å². The van der Waals surface area contributed by atoms with Crippen LogP contribution >= 0.6 is 11.3 Å². The van der Waals surface area contributed by atoms with E-state index in [0.29, 0.717) is 46.5 Å². The molecule has 3 heterocycles. The number of hydrogen-bond donors (Lipinski definition) is 1. The summed E-state index contributed by atoms with van der Waals surface area (Å²) in [7, 11) is 1.56. The van der Waals surface area contributed by atoms with Crippen LogP contribution in [0.5, 0.6) is 5.75 Å². The van der Waals surface area contributed by atoms with Gasteiger partial charge in [0.2, 0.25) is 0 Å². The fourth-order valence-electron chi connectivity index (χ4n) is 3.65. The van der Waals surface area contributed by atoms with Gasteiger partial charge in [0.1, 0.15) is 16.5 Å². The first-order valence-electron chi connectivity index (χ1n) is 9.95. The van der Waals surface area contributed by atoms with Crippen molar-refractivity contribution in [3.05, 3.63) is 63.6 Å². The van der Waals surface area contributed by atoms with Gasteiger partial charge in [0.25, 0.3) is 11.8 Å². The Hall–Kier alpha value is -3.33. The Bertz CT molecular complexity index is 1130. The maximum atomic E-state index is 12.7. The Morgan fingerprint density at radius 3 is 2.71 bits per heavy atom. The van der Waals surface area contributed by atoms with Crippen LogP contribution < -0.4 is 10.1 Å². The summed E-state index contributed by atoms with van der Waals surface area (Å²) >= 11 is 1.37. The zero-order valence-corrected chi connectivity index (χ0v) is 18.4. The molecule has 1 aliphatic rings. The van der Waals surface area contributed by atoms with Gasteiger partial charge in [0, 0.05) is 25.2 Å². The number of para-hydroxylation sites is 2. The summed E-state index contributed by atoms with van der Waals surface area (Å²) in [6.45, 7) is 4.85. The first-order valence-corrected chi connectivity index (χ1v) is 10.8. The number of nitrogens with one attached hydrogen (secondary N) is 1. The highest BCUT2D eigenvalue weighted by Gasteiger charge is 2.31. The number of anilines is 1. The van der Waals surface area contributed by atoms with Crippen LogP contribution in [0.4, 0.5) is 5.69 Å². The van der Waals surface area contributed by atoms with E-state index in [1.165, 1.54) is 11.3 Å².